The first kappa shape index (κ1) is 11.4. The molecule has 15 heavy (non-hydrogen) atoms. The summed E-state index contributed by atoms with van der Waals surface area (Å²) < 4.78 is 0. The van der Waals surface area contributed by atoms with Gasteiger partial charge >= 0.3 is 0 Å². The van der Waals surface area contributed by atoms with Gasteiger partial charge in [0.1, 0.15) is 0 Å². The molecule has 0 saturated heterocycles. The number of nitrogens with zero attached hydrogens (tertiary/aromatic N) is 1. The fourth-order valence-corrected chi connectivity index (χ4v) is 1.25. The summed E-state index contributed by atoms with van der Waals surface area (Å²) in [6.45, 7) is 4.10. The van der Waals surface area contributed by atoms with E-state index in [-0.39, 0.29) is 5.91 Å². The van der Waals surface area contributed by atoms with Crippen LogP contribution in [-0.2, 0) is 4.79 Å². The molecule has 0 spiro atoms. The van der Waals surface area contributed by atoms with Crippen LogP contribution in [0.5, 0.6) is 0 Å². The van der Waals surface area contributed by atoms with Crippen LogP contribution in [0.3, 0.4) is 0 Å². The molecule has 0 saturated carbocycles. The Morgan fingerprint density at radius 3 is 2.73 bits per heavy atom. The number of allylic oxidation sites excluding steroid dienone is 1. The van der Waals surface area contributed by atoms with E-state index in [1.165, 1.54) is 0 Å². The molecule has 0 radical (unpaired) electrons. The number of carbonyl (C=O) groups excluding carboxylic acids is 1. The predicted molar refractivity (Wildman–Crippen MR) is 61.5 cm³/mol. The lowest BCUT2D eigenvalue weighted by Crippen LogP contribution is -2.08. The average molecular weight is 204 g/mol. The van der Waals surface area contributed by atoms with Crippen molar-refractivity contribution in [2.45, 2.75) is 26.7 Å². The highest BCUT2D eigenvalue weighted by molar-refractivity contribution is 5.99. The number of carbonyl (C=O) groups is 1. The summed E-state index contributed by atoms with van der Waals surface area (Å²) in [5.41, 5.74) is 1.88. The minimum Gasteiger partial charge on any atom is -0.321 e. The third kappa shape index (κ3) is 3.94. The van der Waals surface area contributed by atoms with E-state index in [4.69, 9.17) is 0 Å². The zero-order valence-corrected chi connectivity index (χ0v) is 9.16. The second-order valence-corrected chi connectivity index (χ2v) is 3.24. The summed E-state index contributed by atoms with van der Waals surface area (Å²) in [4.78, 5) is 15.4. The highest BCUT2D eigenvalue weighted by atomic mass is 16.1. The van der Waals surface area contributed by atoms with Gasteiger partial charge in [0.05, 0.1) is 11.9 Å². The highest BCUT2D eigenvalue weighted by Gasteiger charge is 1.99. The first-order valence-electron chi connectivity index (χ1n) is 5.16. The molecule has 0 aliphatic heterocycles. The Balaban J connectivity index is 2.60. The largest absolute Gasteiger partial charge is 0.321 e. The number of pyridine rings is 1. The maximum absolute atomic E-state index is 11.5. The lowest BCUT2D eigenvalue weighted by Gasteiger charge is -2.02. The summed E-state index contributed by atoms with van der Waals surface area (Å²) in [6.07, 6.45) is 6.79. The molecule has 0 atom stereocenters. The van der Waals surface area contributed by atoms with E-state index in [2.05, 4.69) is 10.3 Å². The Morgan fingerprint density at radius 2 is 2.20 bits per heavy atom. The van der Waals surface area contributed by atoms with Crippen LogP contribution in [0.4, 0.5) is 5.69 Å². The van der Waals surface area contributed by atoms with Crippen molar-refractivity contribution < 1.29 is 4.79 Å². The third-order valence-corrected chi connectivity index (χ3v) is 2.17. The number of nitrogens with one attached hydrogen (secondary N) is 1. The fourth-order valence-electron chi connectivity index (χ4n) is 1.25. The molecule has 0 aromatic carbocycles. The Bertz CT molecular complexity index is 338. The van der Waals surface area contributed by atoms with Gasteiger partial charge in [0.25, 0.3) is 0 Å². The molecule has 1 aromatic rings. The molecular formula is C12H16N2O. The highest BCUT2D eigenvalue weighted by Crippen LogP contribution is 2.07. The molecule has 0 aliphatic rings. The smallest absolute Gasteiger partial charge is 0.248 e. The zero-order chi connectivity index (χ0) is 11.1. The van der Waals surface area contributed by atoms with Crippen LogP contribution in [0.2, 0.25) is 0 Å². The average Bonchev–Trinajstić information content (AvgIpc) is 2.27. The summed E-state index contributed by atoms with van der Waals surface area (Å²) >= 11 is 0. The normalized spacial score (nSPS) is 9.47. The van der Waals surface area contributed by atoms with Crippen LogP contribution in [0.25, 0.3) is 0 Å². The summed E-state index contributed by atoms with van der Waals surface area (Å²) in [7, 11) is 0. The van der Waals surface area contributed by atoms with Gasteiger partial charge in [0.2, 0.25) is 5.91 Å². The zero-order valence-electron chi connectivity index (χ0n) is 9.16. The van der Waals surface area contributed by atoms with Crippen LogP contribution in [-0.4, -0.2) is 10.9 Å². The maximum Gasteiger partial charge on any atom is 0.248 e. The Hall–Kier alpha value is -1.64. The maximum atomic E-state index is 11.5. The molecule has 0 aliphatic carbocycles. The van der Waals surface area contributed by atoms with E-state index in [0.29, 0.717) is 0 Å². The van der Waals surface area contributed by atoms with Crippen molar-refractivity contribution in [3.63, 3.8) is 0 Å². The van der Waals surface area contributed by atoms with E-state index in [1.807, 2.05) is 19.9 Å². The lowest BCUT2D eigenvalue weighted by atomic mass is 10.1. The van der Waals surface area contributed by atoms with E-state index in [0.717, 1.165) is 24.1 Å². The van der Waals surface area contributed by atoms with Crippen LogP contribution in [0.15, 0.2) is 36.2 Å². The minimum atomic E-state index is -0.0818. The van der Waals surface area contributed by atoms with Gasteiger partial charge in [0.15, 0.2) is 0 Å². The van der Waals surface area contributed by atoms with E-state index >= 15 is 0 Å². The number of rotatable bonds is 4. The van der Waals surface area contributed by atoms with Crippen LogP contribution in [0, 0.1) is 0 Å². The Labute approximate surface area is 90.2 Å². The van der Waals surface area contributed by atoms with Crippen molar-refractivity contribution in [2.24, 2.45) is 0 Å². The van der Waals surface area contributed by atoms with Gasteiger partial charge in [-0.05, 0) is 25.0 Å². The van der Waals surface area contributed by atoms with Crippen molar-refractivity contribution in [3.05, 3.63) is 36.2 Å². The monoisotopic (exact) mass is 204 g/mol. The standard InChI is InChI=1S/C12H16N2O/c1-3-10(4-2)8-12(15)14-11-6-5-7-13-9-11/h5-9H,3-4H2,1-2H3,(H,14,15). The Morgan fingerprint density at radius 1 is 1.47 bits per heavy atom. The SMILES string of the molecule is CCC(=CC(=O)Nc1cccnc1)CC. The van der Waals surface area contributed by atoms with Crippen LogP contribution >= 0.6 is 0 Å². The molecule has 1 aromatic heterocycles. The van der Waals surface area contributed by atoms with Crippen molar-refractivity contribution in [1.29, 1.82) is 0 Å². The molecule has 1 rings (SSSR count). The fraction of sp³-hybridized carbons (Fsp3) is 0.333. The number of hydrogen-bond acceptors (Lipinski definition) is 2. The number of hydrogen-bond donors (Lipinski definition) is 1. The van der Waals surface area contributed by atoms with Gasteiger partial charge in [-0.1, -0.05) is 19.4 Å². The number of amides is 1. The van der Waals surface area contributed by atoms with Crippen molar-refractivity contribution in [3.8, 4) is 0 Å². The molecular weight excluding hydrogens is 188 g/mol. The molecule has 3 heteroatoms. The molecule has 0 fully saturated rings. The van der Waals surface area contributed by atoms with Crippen molar-refractivity contribution >= 4 is 11.6 Å². The van der Waals surface area contributed by atoms with E-state index in [1.54, 1.807) is 24.5 Å². The number of aromatic nitrogens is 1. The quantitative estimate of drug-likeness (QED) is 0.766. The van der Waals surface area contributed by atoms with Crippen LogP contribution in [0.1, 0.15) is 26.7 Å². The van der Waals surface area contributed by atoms with Crippen molar-refractivity contribution in [1.82, 2.24) is 4.98 Å². The van der Waals surface area contributed by atoms with Gasteiger partial charge in [-0.15, -0.1) is 0 Å². The first-order chi connectivity index (χ1) is 7.26. The number of anilines is 1. The van der Waals surface area contributed by atoms with Crippen molar-refractivity contribution in [2.75, 3.05) is 5.32 Å². The van der Waals surface area contributed by atoms with Gasteiger partial charge in [-0.25, -0.2) is 0 Å². The summed E-state index contributed by atoms with van der Waals surface area (Å²) in [6, 6.07) is 3.61. The molecule has 1 amide bonds. The third-order valence-electron chi connectivity index (χ3n) is 2.17. The first-order valence-corrected chi connectivity index (χ1v) is 5.16. The topological polar surface area (TPSA) is 42.0 Å². The Kier molecular flexibility index (Phi) is 4.54. The molecule has 80 valence electrons. The van der Waals surface area contributed by atoms with Gasteiger partial charge < -0.3 is 5.32 Å². The predicted octanol–water partition coefficient (Wildman–Crippen LogP) is 2.77. The summed E-state index contributed by atoms with van der Waals surface area (Å²) in [5, 5.41) is 2.76. The second kappa shape index (κ2) is 5.96. The summed E-state index contributed by atoms with van der Waals surface area (Å²) in [5.74, 6) is -0.0818. The van der Waals surface area contributed by atoms with Gasteiger partial charge in [-0.2, -0.15) is 0 Å². The van der Waals surface area contributed by atoms with E-state index < -0.39 is 0 Å². The lowest BCUT2D eigenvalue weighted by molar-refractivity contribution is -0.112. The molecule has 1 heterocycles. The second-order valence-electron chi connectivity index (χ2n) is 3.24. The van der Waals surface area contributed by atoms with E-state index in [9.17, 15) is 4.79 Å². The van der Waals surface area contributed by atoms with Crippen LogP contribution < -0.4 is 5.32 Å². The molecule has 0 unspecified atom stereocenters. The van der Waals surface area contributed by atoms with Gasteiger partial charge in [0, 0.05) is 12.3 Å². The minimum absolute atomic E-state index is 0.0818. The molecule has 3 nitrogen and oxygen atoms in total. The molecule has 0 bridgehead atoms. The molecule has 1 N–H and O–H groups in total. The van der Waals surface area contributed by atoms with Gasteiger partial charge in [-0.3, -0.25) is 9.78 Å².